The van der Waals surface area contributed by atoms with E-state index in [0.29, 0.717) is 12.0 Å². The topological polar surface area (TPSA) is 84.3 Å². The number of nitrogens with zero attached hydrogens (tertiary/aromatic N) is 1. The van der Waals surface area contributed by atoms with Gasteiger partial charge in [-0.05, 0) is 13.3 Å². The molecule has 18 heavy (non-hydrogen) atoms. The Morgan fingerprint density at radius 3 is 2.89 bits per heavy atom. The average Bonchev–Trinajstić information content (AvgIpc) is 2.76. The van der Waals surface area contributed by atoms with Gasteiger partial charge in [0.2, 0.25) is 0 Å². The summed E-state index contributed by atoms with van der Waals surface area (Å²) in [5.74, 6) is 0.222. The summed E-state index contributed by atoms with van der Waals surface area (Å²) in [6.07, 6.45) is 1.52. The second kappa shape index (κ2) is 5.54. The van der Waals surface area contributed by atoms with Crippen molar-refractivity contribution in [2.75, 3.05) is 11.0 Å². The molecule has 7 heteroatoms. The van der Waals surface area contributed by atoms with E-state index in [1.54, 1.807) is 6.92 Å². The fraction of sp³-hybridized carbons (Fsp3) is 0.636. The third kappa shape index (κ3) is 2.52. The molecule has 6 nitrogen and oxygen atoms in total. The number of aliphatic hydroxyl groups is 1. The first kappa shape index (κ1) is 13.8. The van der Waals surface area contributed by atoms with Crippen LogP contribution in [0.3, 0.4) is 0 Å². The fourth-order valence-electron chi connectivity index (χ4n) is 2.11. The number of alkyl halides is 1. The first-order valence-corrected chi connectivity index (χ1v) is 7.23. The predicted molar refractivity (Wildman–Crippen MR) is 74.0 cm³/mol. The molecule has 0 amide bonds. The summed E-state index contributed by atoms with van der Waals surface area (Å²) in [6, 6.07) is 0. The highest BCUT2D eigenvalue weighted by Gasteiger charge is 2.35. The van der Waals surface area contributed by atoms with Crippen molar-refractivity contribution in [3.05, 3.63) is 32.6 Å². The van der Waals surface area contributed by atoms with Crippen molar-refractivity contribution in [3.63, 3.8) is 0 Å². The lowest BCUT2D eigenvalue weighted by atomic mass is 10.0. The molecule has 1 aromatic heterocycles. The van der Waals surface area contributed by atoms with Gasteiger partial charge in [0.25, 0.3) is 5.56 Å². The smallest absolute Gasteiger partial charge is 0.330 e. The van der Waals surface area contributed by atoms with E-state index in [9.17, 15) is 14.7 Å². The van der Waals surface area contributed by atoms with Crippen LogP contribution < -0.4 is 11.2 Å². The normalized spacial score (nSPS) is 27.6. The molecule has 1 saturated heterocycles. The van der Waals surface area contributed by atoms with Gasteiger partial charge in [-0.25, -0.2) is 4.79 Å². The number of aliphatic hydroxyl groups excluding tert-OH is 1. The van der Waals surface area contributed by atoms with Crippen LogP contribution in [0.1, 0.15) is 18.2 Å². The zero-order chi connectivity index (χ0) is 13.3. The molecule has 3 atom stereocenters. The molecule has 1 aliphatic rings. The molecule has 0 saturated carbocycles. The fourth-order valence-corrected chi connectivity index (χ4v) is 3.04. The van der Waals surface area contributed by atoms with Crippen molar-refractivity contribution in [2.45, 2.75) is 25.7 Å². The molecule has 0 spiro atoms. The monoisotopic (exact) mass is 366 g/mol. The van der Waals surface area contributed by atoms with Gasteiger partial charge in [-0.2, -0.15) is 0 Å². The first-order valence-electron chi connectivity index (χ1n) is 5.71. The summed E-state index contributed by atoms with van der Waals surface area (Å²) in [7, 11) is 0. The Morgan fingerprint density at radius 2 is 2.33 bits per heavy atom. The highest BCUT2D eigenvalue weighted by Crippen LogP contribution is 2.33. The SMILES string of the molecule is Cc1cn([C@H]2C[C@@H](CI)[C@@H](CO)O2)c(=O)[nH]c1=O. The van der Waals surface area contributed by atoms with Gasteiger partial charge in [0, 0.05) is 22.1 Å². The Hall–Kier alpha value is -0.670. The number of aromatic amines is 1. The molecule has 1 aliphatic heterocycles. The number of rotatable bonds is 3. The quantitative estimate of drug-likeness (QED) is 0.591. The number of aryl methyl sites for hydroxylation is 1. The summed E-state index contributed by atoms with van der Waals surface area (Å²) in [5, 5.41) is 9.23. The third-order valence-corrected chi connectivity index (χ3v) is 4.33. The van der Waals surface area contributed by atoms with E-state index in [1.165, 1.54) is 10.8 Å². The number of hydrogen-bond acceptors (Lipinski definition) is 4. The number of ether oxygens (including phenoxy) is 1. The minimum Gasteiger partial charge on any atom is -0.394 e. The lowest BCUT2D eigenvalue weighted by molar-refractivity contribution is -0.0308. The number of halogens is 1. The van der Waals surface area contributed by atoms with E-state index >= 15 is 0 Å². The Kier molecular flexibility index (Phi) is 4.23. The van der Waals surface area contributed by atoms with Crippen molar-refractivity contribution in [2.24, 2.45) is 5.92 Å². The van der Waals surface area contributed by atoms with Crippen LogP contribution in [0.5, 0.6) is 0 Å². The lowest BCUT2D eigenvalue weighted by Crippen LogP contribution is -2.33. The Labute approximate surface area is 117 Å². The minimum absolute atomic E-state index is 0.0543. The maximum absolute atomic E-state index is 11.7. The molecule has 1 aromatic rings. The van der Waals surface area contributed by atoms with Crippen LogP contribution in [0.15, 0.2) is 15.8 Å². The highest BCUT2D eigenvalue weighted by atomic mass is 127. The molecule has 100 valence electrons. The van der Waals surface area contributed by atoms with Gasteiger partial charge in [0.05, 0.1) is 12.7 Å². The van der Waals surface area contributed by atoms with Gasteiger partial charge in [0.1, 0.15) is 6.23 Å². The highest BCUT2D eigenvalue weighted by molar-refractivity contribution is 14.1. The van der Waals surface area contributed by atoms with Crippen molar-refractivity contribution >= 4 is 22.6 Å². The lowest BCUT2D eigenvalue weighted by Gasteiger charge is -2.15. The Bertz CT molecular complexity index is 527. The van der Waals surface area contributed by atoms with Crippen molar-refractivity contribution in [1.82, 2.24) is 9.55 Å². The summed E-state index contributed by atoms with van der Waals surface area (Å²) < 4.78 is 7.91. The summed E-state index contributed by atoms with van der Waals surface area (Å²) in [5.41, 5.74) is -0.378. The molecule has 2 rings (SSSR count). The average molecular weight is 366 g/mol. The summed E-state index contributed by atoms with van der Waals surface area (Å²) in [6.45, 7) is 1.59. The number of hydrogen-bond donors (Lipinski definition) is 2. The van der Waals surface area contributed by atoms with E-state index in [-0.39, 0.29) is 24.2 Å². The first-order chi connectivity index (χ1) is 8.56. The number of H-pyrrole nitrogens is 1. The summed E-state index contributed by atoms with van der Waals surface area (Å²) >= 11 is 2.24. The van der Waals surface area contributed by atoms with Crippen LogP contribution >= 0.6 is 22.6 Å². The van der Waals surface area contributed by atoms with Gasteiger partial charge in [-0.3, -0.25) is 14.3 Å². The van der Waals surface area contributed by atoms with Crippen molar-refractivity contribution in [1.29, 1.82) is 0 Å². The van der Waals surface area contributed by atoms with Gasteiger partial charge in [-0.15, -0.1) is 0 Å². The van der Waals surface area contributed by atoms with Crippen LogP contribution in [0, 0.1) is 12.8 Å². The number of aromatic nitrogens is 2. The molecular weight excluding hydrogens is 351 g/mol. The second-order valence-electron chi connectivity index (χ2n) is 4.44. The largest absolute Gasteiger partial charge is 0.394 e. The number of nitrogens with one attached hydrogen (secondary N) is 1. The van der Waals surface area contributed by atoms with Gasteiger partial charge < -0.3 is 9.84 Å². The van der Waals surface area contributed by atoms with E-state index in [4.69, 9.17) is 4.74 Å². The third-order valence-electron chi connectivity index (χ3n) is 3.20. The van der Waals surface area contributed by atoms with Crippen LogP contribution in [0.4, 0.5) is 0 Å². The van der Waals surface area contributed by atoms with Crippen molar-refractivity contribution in [3.8, 4) is 0 Å². The molecule has 0 unspecified atom stereocenters. The molecule has 0 aromatic carbocycles. The van der Waals surface area contributed by atoms with E-state index in [2.05, 4.69) is 27.6 Å². The second-order valence-corrected chi connectivity index (χ2v) is 5.32. The van der Waals surface area contributed by atoms with Crippen LogP contribution in [-0.4, -0.2) is 31.8 Å². The zero-order valence-electron chi connectivity index (χ0n) is 9.93. The molecular formula is C11H15IN2O4. The van der Waals surface area contributed by atoms with E-state index in [0.717, 1.165) is 4.43 Å². The maximum Gasteiger partial charge on any atom is 0.330 e. The van der Waals surface area contributed by atoms with Gasteiger partial charge in [0.15, 0.2) is 0 Å². The van der Waals surface area contributed by atoms with Crippen LogP contribution in [0.2, 0.25) is 0 Å². The summed E-state index contributed by atoms with van der Waals surface area (Å²) in [4.78, 5) is 25.3. The van der Waals surface area contributed by atoms with Crippen LogP contribution in [0.25, 0.3) is 0 Å². The minimum atomic E-state index is -0.471. The molecule has 0 aliphatic carbocycles. The maximum atomic E-state index is 11.7. The van der Waals surface area contributed by atoms with E-state index < -0.39 is 11.9 Å². The molecule has 0 radical (unpaired) electrons. The zero-order valence-corrected chi connectivity index (χ0v) is 12.1. The molecule has 2 heterocycles. The van der Waals surface area contributed by atoms with Gasteiger partial charge in [-0.1, -0.05) is 22.6 Å². The predicted octanol–water partition coefficient (Wildman–Crippen LogP) is 0.176. The molecule has 2 N–H and O–H groups in total. The Morgan fingerprint density at radius 1 is 1.61 bits per heavy atom. The van der Waals surface area contributed by atoms with Crippen molar-refractivity contribution < 1.29 is 9.84 Å². The van der Waals surface area contributed by atoms with Gasteiger partial charge >= 0.3 is 5.69 Å². The molecule has 1 fully saturated rings. The Balaban J connectivity index is 2.31. The molecule has 0 bridgehead atoms. The van der Waals surface area contributed by atoms with Crippen LogP contribution in [-0.2, 0) is 4.74 Å². The standard InChI is InChI=1S/C11H15IN2O4/c1-6-4-14(11(17)13-10(6)16)9-2-7(3-12)8(5-15)18-9/h4,7-9,15H,2-3,5H2,1H3,(H,13,16,17)/t7-,8+,9+/m0/s1. The van der Waals surface area contributed by atoms with E-state index in [1.807, 2.05) is 0 Å².